The molecule has 0 aliphatic heterocycles. The molecule has 3 aromatic carbocycles. The summed E-state index contributed by atoms with van der Waals surface area (Å²) in [6.45, 7) is 0. The molecule has 4 aromatic rings. The van der Waals surface area contributed by atoms with Gasteiger partial charge in [-0.1, -0.05) is 52.3 Å². The van der Waals surface area contributed by atoms with E-state index in [-0.39, 0.29) is 0 Å². The largest absolute Gasteiger partial charge is 0.263 e. The molecule has 1 heterocycles. The minimum absolute atomic E-state index is 0.693. The Morgan fingerprint density at radius 2 is 1.65 bits per heavy atom. The molecule has 4 rings (SSSR count). The van der Waals surface area contributed by atoms with Crippen LogP contribution in [0.25, 0.3) is 32.7 Å². The Balaban J connectivity index is 2.12. The van der Waals surface area contributed by atoms with Gasteiger partial charge >= 0.3 is 0 Å². The molecule has 0 N–H and O–H groups in total. The molecular formula is C20H11BrN2. The maximum Gasteiger partial charge on any atom is 0.0998 e. The summed E-state index contributed by atoms with van der Waals surface area (Å²) in [7, 11) is 0. The second kappa shape index (κ2) is 5.49. The molecule has 3 heteroatoms. The van der Waals surface area contributed by atoms with Gasteiger partial charge in [-0.05, 0) is 34.5 Å². The van der Waals surface area contributed by atoms with E-state index in [1.54, 1.807) is 0 Å². The van der Waals surface area contributed by atoms with E-state index >= 15 is 0 Å². The van der Waals surface area contributed by atoms with Gasteiger partial charge in [0.25, 0.3) is 0 Å². The highest BCUT2D eigenvalue weighted by Crippen LogP contribution is 2.35. The highest BCUT2D eigenvalue weighted by molar-refractivity contribution is 9.10. The smallest absolute Gasteiger partial charge is 0.0998 e. The lowest BCUT2D eigenvalue weighted by atomic mass is 9.94. The molecule has 0 fully saturated rings. The fraction of sp³-hybridized carbons (Fsp3) is 0. The fourth-order valence-electron chi connectivity index (χ4n) is 2.99. The summed E-state index contributed by atoms with van der Waals surface area (Å²) in [5.74, 6) is 0. The third kappa shape index (κ3) is 2.28. The van der Waals surface area contributed by atoms with E-state index < -0.39 is 0 Å². The first-order valence-electron chi connectivity index (χ1n) is 7.23. The van der Waals surface area contributed by atoms with E-state index in [0.29, 0.717) is 5.56 Å². The van der Waals surface area contributed by atoms with E-state index in [1.165, 1.54) is 0 Å². The molecule has 0 aliphatic rings. The van der Waals surface area contributed by atoms with Crippen molar-refractivity contribution in [3.8, 4) is 17.2 Å². The van der Waals surface area contributed by atoms with Crippen LogP contribution >= 0.6 is 15.9 Å². The number of rotatable bonds is 1. The molecule has 0 saturated heterocycles. The number of hydrogen-bond acceptors (Lipinski definition) is 2. The predicted octanol–water partition coefficient (Wildman–Crippen LogP) is 5.69. The van der Waals surface area contributed by atoms with Crippen molar-refractivity contribution in [2.45, 2.75) is 0 Å². The van der Waals surface area contributed by atoms with Crippen molar-refractivity contribution < 1.29 is 0 Å². The zero-order chi connectivity index (χ0) is 15.8. The molecule has 0 spiro atoms. The quantitative estimate of drug-likeness (QED) is 0.438. The van der Waals surface area contributed by atoms with Crippen LogP contribution in [0, 0.1) is 11.3 Å². The van der Waals surface area contributed by atoms with Crippen molar-refractivity contribution in [3.63, 3.8) is 0 Å². The minimum atomic E-state index is 0.693. The number of pyridine rings is 1. The van der Waals surface area contributed by atoms with Crippen molar-refractivity contribution in [1.29, 1.82) is 5.26 Å². The zero-order valence-corrected chi connectivity index (χ0v) is 13.7. The molecule has 0 bridgehead atoms. The Morgan fingerprint density at radius 1 is 0.826 bits per heavy atom. The summed E-state index contributed by atoms with van der Waals surface area (Å²) >= 11 is 3.55. The van der Waals surface area contributed by atoms with Crippen molar-refractivity contribution in [2.75, 3.05) is 0 Å². The van der Waals surface area contributed by atoms with Gasteiger partial charge in [0.2, 0.25) is 0 Å². The van der Waals surface area contributed by atoms with Gasteiger partial charge in [-0.25, -0.2) is 0 Å². The maximum absolute atomic E-state index is 9.34. The number of benzene rings is 3. The molecule has 0 saturated carbocycles. The van der Waals surface area contributed by atoms with Gasteiger partial charge in [0, 0.05) is 33.2 Å². The predicted molar refractivity (Wildman–Crippen MR) is 97.1 cm³/mol. The average molecular weight is 359 g/mol. The Hall–Kier alpha value is -2.70. The van der Waals surface area contributed by atoms with Crippen LogP contribution < -0.4 is 0 Å². The van der Waals surface area contributed by atoms with Crippen LogP contribution in [0.5, 0.6) is 0 Å². The summed E-state index contributed by atoms with van der Waals surface area (Å²) in [6.07, 6.45) is 3.76. The Bertz CT molecular complexity index is 1090. The first-order valence-corrected chi connectivity index (χ1v) is 8.03. The van der Waals surface area contributed by atoms with Gasteiger partial charge in [-0.2, -0.15) is 5.26 Å². The summed E-state index contributed by atoms with van der Waals surface area (Å²) in [5.41, 5.74) is 2.86. The minimum Gasteiger partial charge on any atom is -0.263 e. The number of nitriles is 1. The molecule has 0 unspecified atom stereocenters. The number of halogens is 1. The van der Waals surface area contributed by atoms with E-state index in [1.807, 2.05) is 42.7 Å². The highest BCUT2D eigenvalue weighted by Gasteiger charge is 2.10. The molecule has 0 amide bonds. The van der Waals surface area contributed by atoms with Crippen LogP contribution in [0.4, 0.5) is 0 Å². The van der Waals surface area contributed by atoms with Crippen molar-refractivity contribution in [2.24, 2.45) is 0 Å². The Morgan fingerprint density at radius 3 is 2.52 bits per heavy atom. The van der Waals surface area contributed by atoms with Gasteiger partial charge in [0.05, 0.1) is 11.6 Å². The van der Waals surface area contributed by atoms with Gasteiger partial charge in [0.15, 0.2) is 0 Å². The normalized spacial score (nSPS) is 10.8. The van der Waals surface area contributed by atoms with Gasteiger partial charge < -0.3 is 0 Å². The average Bonchev–Trinajstić information content (AvgIpc) is 2.60. The van der Waals surface area contributed by atoms with Crippen LogP contribution in [-0.4, -0.2) is 4.98 Å². The fourth-order valence-corrected chi connectivity index (χ4v) is 3.35. The molecule has 1 aromatic heterocycles. The zero-order valence-electron chi connectivity index (χ0n) is 12.1. The molecule has 0 atom stereocenters. The molecule has 2 nitrogen and oxygen atoms in total. The number of hydrogen-bond donors (Lipinski definition) is 0. The van der Waals surface area contributed by atoms with Crippen molar-refractivity contribution in [1.82, 2.24) is 4.98 Å². The van der Waals surface area contributed by atoms with Gasteiger partial charge in [0.1, 0.15) is 0 Å². The SMILES string of the molecule is N#Cc1cccc2c(-c3cncc4ccc(Br)cc34)cccc12. The molecular weight excluding hydrogens is 348 g/mol. The van der Waals surface area contributed by atoms with Crippen LogP contribution in [0.1, 0.15) is 5.56 Å². The van der Waals surface area contributed by atoms with E-state index in [9.17, 15) is 5.26 Å². The van der Waals surface area contributed by atoms with Crippen molar-refractivity contribution in [3.05, 3.63) is 77.0 Å². The molecule has 108 valence electrons. The van der Waals surface area contributed by atoms with Gasteiger partial charge in [-0.3, -0.25) is 4.98 Å². The lowest BCUT2D eigenvalue weighted by Crippen LogP contribution is -1.87. The maximum atomic E-state index is 9.34. The van der Waals surface area contributed by atoms with Crippen LogP contribution in [-0.2, 0) is 0 Å². The summed E-state index contributed by atoms with van der Waals surface area (Å²) < 4.78 is 1.04. The highest BCUT2D eigenvalue weighted by atomic mass is 79.9. The third-order valence-corrected chi connectivity index (χ3v) is 4.55. The first kappa shape index (κ1) is 13.9. The first-order chi connectivity index (χ1) is 11.3. The molecule has 0 aliphatic carbocycles. The van der Waals surface area contributed by atoms with Crippen LogP contribution in [0.2, 0.25) is 0 Å². The number of fused-ring (bicyclic) bond motifs is 2. The Labute approximate surface area is 142 Å². The summed E-state index contributed by atoms with van der Waals surface area (Å²) in [6, 6.07) is 20.4. The third-order valence-electron chi connectivity index (χ3n) is 4.06. The summed E-state index contributed by atoms with van der Waals surface area (Å²) in [4.78, 5) is 4.39. The summed E-state index contributed by atoms with van der Waals surface area (Å²) in [5, 5.41) is 13.6. The monoisotopic (exact) mass is 358 g/mol. The van der Waals surface area contributed by atoms with E-state index in [0.717, 1.165) is 37.1 Å². The molecule has 23 heavy (non-hydrogen) atoms. The van der Waals surface area contributed by atoms with Gasteiger partial charge in [-0.15, -0.1) is 0 Å². The number of aromatic nitrogens is 1. The topological polar surface area (TPSA) is 36.7 Å². The van der Waals surface area contributed by atoms with Crippen LogP contribution in [0.15, 0.2) is 71.5 Å². The lowest BCUT2D eigenvalue weighted by molar-refractivity contribution is 1.36. The standard InChI is InChI=1S/C20H11BrN2/c21-15-8-7-14-11-23-12-20(19(14)9-15)18-6-2-4-16-13(10-22)3-1-5-17(16)18/h1-9,11-12H. The van der Waals surface area contributed by atoms with Crippen molar-refractivity contribution >= 4 is 37.5 Å². The second-order valence-corrected chi connectivity index (χ2v) is 6.29. The lowest BCUT2D eigenvalue weighted by Gasteiger charge is -2.10. The van der Waals surface area contributed by atoms with E-state index in [2.05, 4.69) is 51.2 Å². The van der Waals surface area contributed by atoms with E-state index in [4.69, 9.17) is 0 Å². The second-order valence-electron chi connectivity index (χ2n) is 5.37. The Kier molecular flexibility index (Phi) is 3.33. The molecule has 0 radical (unpaired) electrons. The number of nitrogens with zero attached hydrogens (tertiary/aromatic N) is 2. The van der Waals surface area contributed by atoms with Crippen LogP contribution in [0.3, 0.4) is 0 Å².